The largest absolute Gasteiger partial charge is 0.311 e. The monoisotopic (exact) mass is 182 g/mol. The maximum atomic E-state index is 4.21. The Kier molecular flexibility index (Phi) is 2.15. The summed E-state index contributed by atoms with van der Waals surface area (Å²) in [7, 11) is 0. The predicted molar refractivity (Wildman–Crippen MR) is 51.2 cm³/mol. The summed E-state index contributed by atoms with van der Waals surface area (Å²) in [6.45, 7) is 4.41. The molecule has 0 unspecified atom stereocenters. The molecule has 1 fully saturated rings. The first-order chi connectivity index (χ1) is 5.79. The van der Waals surface area contributed by atoms with Gasteiger partial charge in [-0.3, -0.25) is 0 Å². The van der Waals surface area contributed by atoms with Crippen molar-refractivity contribution >= 4 is 11.3 Å². The van der Waals surface area contributed by atoms with Gasteiger partial charge in [-0.15, -0.1) is 11.3 Å². The van der Waals surface area contributed by atoms with Crippen molar-refractivity contribution < 1.29 is 0 Å². The fourth-order valence-corrected chi connectivity index (χ4v) is 1.77. The van der Waals surface area contributed by atoms with E-state index in [0.29, 0.717) is 5.41 Å². The van der Waals surface area contributed by atoms with Crippen LogP contribution in [0.1, 0.15) is 25.5 Å². The van der Waals surface area contributed by atoms with Gasteiger partial charge in [0.15, 0.2) is 0 Å². The van der Waals surface area contributed by atoms with Crippen LogP contribution in [0.2, 0.25) is 0 Å². The van der Waals surface area contributed by atoms with E-state index in [9.17, 15) is 0 Å². The lowest BCUT2D eigenvalue weighted by molar-refractivity contribution is 0.497. The highest BCUT2D eigenvalue weighted by molar-refractivity contribution is 7.07. The van der Waals surface area contributed by atoms with Crippen LogP contribution in [0.5, 0.6) is 0 Å². The summed E-state index contributed by atoms with van der Waals surface area (Å²) in [6.07, 6.45) is 2.77. The average molecular weight is 182 g/mol. The van der Waals surface area contributed by atoms with E-state index in [1.54, 1.807) is 11.3 Å². The van der Waals surface area contributed by atoms with Crippen molar-refractivity contribution in [2.45, 2.75) is 26.3 Å². The van der Waals surface area contributed by atoms with E-state index < -0.39 is 0 Å². The minimum Gasteiger partial charge on any atom is -0.311 e. The maximum Gasteiger partial charge on any atom is 0.0795 e. The van der Waals surface area contributed by atoms with Gasteiger partial charge in [-0.1, -0.05) is 6.92 Å². The number of nitrogens with one attached hydrogen (secondary N) is 1. The fraction of sp³-hybridized carbons (Fsp3) is 0.667. The van der Waals surface area contributed by atoms with Gasteiger partial charge in [0, 0.05) is 18.5 Å². The van der Waals surface area contributed by atoms with Gasteiger partial charge in [0.05, 0.1) is 11.2 Å². The van der Waals surface area contributed by atoms with Crippen LogP contribution in [0.25, 0.3) is 0 Å². The number of nitrogens with zero attached hydrogens (tertiary/aromatic N) is 1. The quantitative estimate of drug-likeness (QED) is 0.770. The molecule has 0 spiro atoms. The summed E-state index contributed by atoms with van der Waals surface area (Å²) >= 11 is 1.66. The highest BCUT2D eigenvalue weighted by atomic mass is 32.1. The lowest BCUT2D eigenvalue weighted by Crippen LogP contribution is -2.21. The molecular weight excluding hydrogens is 168 g/mol. The van der Waals surface area contributed by atoms with Crippen molar-refractivity contribution in [3.05, 3.63) is 16.6 Å². The van der Waals surface area contributed by atoms with Crippen molar-refractivity contribution in [3.63, 3.8) is 0 Å². The predicted octanol–water partition coefficient (Wildman–Crippen LogP) is 2.03. The van der Waals surface area contributed by atoms with Crippen LogP contribution in [0.4, 0.5) is 0 Å². The summed E-state index contributed by atoms with van der Waals surface area (Å²) in [4.78, 5) is 4.21. The normalized spacial score (nSPS) is 19.4. The van der Waals surface area contributed by atoms with Crippen LogP contribution < -0.4 is 5.32 Å². The molecule has 0 bridgehead atoms. The summed E-state index contributed by atoms with van der Waals surface area (Å²) in [5.74, 6) is 0. The molecule has 1 N–H and O–H groups in total. The Morgan fingerprint density at radius 2 is 2.50 bits per heavy atom. The third kappa shape index (κ3) is 2.05. The molecule has 0 aromatic carbocycles. The van der Waals surface area contributed by atoms with Crippen LogP contribution in [0.15, 0.2) is 10.9 Å². The smallest absolute Gasteiger partial charge is 0.0795 e. The van der Waals surface area contributed by atoms with Gasteiger partial charge in [0.1, 0.15) is 0 Å². The van der Waals surface area contributed by atoms with E-state index in [4.69, 9.17) is 0 Å². The van der Waals surface area contributed by atoms with E-state index >= 15 is 0 Å². The van der Waals surface area contributed by atoms with Gasteiger partial charge in [0.25, 0.3) is 0 Å². The Morgan fingerprint density at radius 1 is 1.67 bits per heavy atom. The van der Waals surface area contributed by atoms with Crippen molar-refractivity contribution in [1.82, 2.24) is 10.3 Å². The van der Waals surface area contributed by atoms with Crippen LogP contribution in [-0.4, -0.2) is 11.5 Å². The van der Waals surface area contributed by atoms with Gasteiger partial charge in [-0.25, -0.2) is 4.98 Å². The number of thiazole rings is 1. The van der Waals surface area contributed by atoms with Crippen LogP contribution in [0.3, 0.4) is 0 Å². The zero-order valence-corrected chi connectivity index (χ0v) is 8.16. The molecule has 0 aliphatic heterocycles. The molecule has 0 saturated heterocycles. The molecule has 66 valence electrons. The number of rotatable bonds is 4. The molecular formula is C9H14N2S. The number of hydrogen-bond acceptors (Lipinski definition) is 3. The lowest BCUT2D eigenvalue weighted by Gasteiger charge is -2.07. The van der Waals surface area contributed by atoms with E-state index in [1.165, 1.54) is 18.5 Å². The first kappa shape index (κ1) is 8.20. The summed E-state index contributed by atoms with van der Waals surface area (Å²) < 4.78 is 0. The third-order valence-electron chi connectivity index (χ3n) is 2.44. The average Bonchev–Trinajstić information content (AvgIpc) is 2.61. The van der Waals surface area contributed by atoms with Gasteiger partial charge >= 0.3 is 0 Å². The SMILES string of the molecule is CC1(CNCc2cscn2)CC1. The number of aromatic nitrogens is 1. The van der Waals surface area contributed by atoms with Crippen LogP contribution in [0, 0.1) is 5.41 Å². The Balaban J connectivity index is 1.69. The fourth-order valence-electron chi connectivity index (χ4n) is 1.21. The second-order valence-electron chi connectivity index (χ2n) is 3.89. The molecule has 1 aliphatic rings. The van der Waals surface area contributed by atoms with Gasteiger partial charge in [-0.05, 0) is 18.3 Å². The molecule has 1 saturated carbocycles. The van der Waals surface area contributed by atoms with Crippen LogP contribution >= 0.6 is 11.3 Å². The molecule has 3 heteroatoms. The molecule has 1 aliphatic carbocycles. The van der Waals surface area contributed by atoms with Crippen LogP contribution in [-0.2, 0) is 6.54 Å². The molecule has 2 rings (SSSR count). The Hall–Kier alpha value is -0.410. The van der Waals surface area contributed by atoms with Gasteiger partial charge in [0.2, 0.25) is 0 Å². The molecule has 0 radical (unpaired) electrons. The number of hydrogen-bond donors (Lipinski definition) is 1. The minimum absolute atomic E-state index is 0.607. The highest BCUT2D eigenvalue weighted by Gasteiger charge is 2.36. The van der Waals surface area contributed by atoms with Crippen molar-refractivity contribution in [3.8, 4) is 0 Å². The lowest BCUT2D eigenvalue weighted by atomic mass is 10.1. The highest BCUT2D eigenvalue weighted by Crippen LogP contribution is 2.44. The van der Waals surface area contributed by atoms with E-state index in [1.807, 2.05) is 5.51 Å². The summed E-state index contributed by atoms with van der Waals surface area (Å²) in [5.41, 5.74) is 3.66. The molecule has 1 aromatic rings. The van der Waals surface area contributed by atoms with Crippen molar-refractivity contribution in [1.29, 1.82) is 0 Å². The van der Waals surface area contributed by atoms with Crippen molar-refractivity contribution in [2.24, 2.45) is 5.41 Å². The topological polar surface area (TPSA) is 24.9 Å². The van der Waals surface area contributed by atoms with E-state index in [2.05, 4.69) is 22.6 Å². The van der Waals surface area contributed by atoms with Gasteiger partial charge < -0.3 is 5.32 Å². The molecule has 1 aromatic heterocycles. The summed E-state index contributed by atoms with van der Waals surface area (Å²) in [5, 5.41) is 5.53. The maximum absolute atomic E-state index is 4.21. The molecule has 12 heavy (non-hydrogen) atoms. The van der Waals surface area contributed by atoms with E-state index in [-0.39, 0.29) is 0 Å². The Morgan fingerprint density at radius 3 is 3.08 bits per heavy atom. The molecule has 1 heterocycles. The Labute approximate surface area is 77.0 Å². The first-order valence-corrected chi connectivity index (χ1v) is 5.31. The third-order valence-corrected chi connectivity index (χ3v) is 3.08. The summed E-state index contributed by atoms with van der Waals surface area (Å²) in [6, 6.07) is 0. The van der Waals surface area contributed by atoms with Crippen molar-refractivity contribution in [2.75, 3.05) is 6.54 Å². The molecule has 2 nitrogen and oxygen atoms in total. The van der Waals surface area contributed by atoms with Gasteiger partial charge in [-0.2, -0.15) is 0 Å². The molecule has 0 atom stereocenters. The molecule has 0 amide bonds. The second-order valence-corrected chi connectivity index (χ2v) is 4.61. The Bertz CT molecular complexity index is 239. The first-order valence-electron chi connectivity index (χ1n) is 4.36. The minimum atomic E-state index is 0.607. The zero-order chi connectivity index (χ0) is 8.44. The zero-order valence-electron chi connectivity index (χ0n) is 7.34. The second kappa shape index (κ2) is 3.15. The van der Waals surface area contributed by atoms with E-state index in [0.717, 1.165) is 13.1 Å². The standard InChI is InChI=1S/C9H14N2S/c1-9(2-3-9)6-10-4-8-5-12-7-11-8/h5,7,10H,2-4,6H2,1H3.